The maximum atomic E-state index is 14.1. The van der Waals surface area contributed by atoms with Gasteiger partial charge >= 0.3 is 0 Å². The van der Waals surface area contributed by atoms with Gasteiger partial charge in [0, 0.05) is 17.3 Å². The standard InChI is InChI=1S/C13H15F2NO/c1-12(2,16)8-13(14,15)10-7-17-11-6-4-3-5-9(10)11/h3-7H,8,16H2,1-2H3. The Kier molecular flexibility index (Phi) is 2.70. The number of benzene rings is 1. The highest BCUT2D eigenvalue weighted by atomic mass is 19.3. The molecule has 2 nitrogen and oxygen atoms in total. The number of halogens is 2. The Morgan fingerprint density at radius 3 is 2.53 bits per heavy atom. The lowest BCUT2D eigenvalue weighted by Gasteiger charge is -2.25. The maximum absolute atomic E-state index is 14.1. The van der Waals surface area contributed by atoms with Gasteiger partial charge in [-0.3, -0.25) is 0 Å². The maximum Gasteiger partial charge on any atom is 0.278 e. The summed E-state index contributed by atoms with van der Waals surface area (Å²) in [5.74, 6) is -2.98. The van der Waals surface area contributed by atoms with Crippen LogP contribution in [-0.2, 0) is 5.92 Å². The molecule has 2 aromatic rings. The van der Waals surface area contributed by atoms with Crippen LogP contribution in [0.5, 0.6) is 0 Å². The van der Waals surface area contributed by atoms with E-state index in [9.17, 15) is 8.78 Å². The molecule has 0 radical (unpaired) electrons. The Balaban J connectivity index is 2.45. The molecule has 0 fully saturated rings. The Hall–Kier alpha value is -1.42. The van der Waals surface area contributed by atoms with E-state index in [0.29, 0.717) is 11.0 Å². The summed E-state index contributed by atoms with van der Waals surface area (Å²) < 4.78 is 33.3. The number of fused-ring (bicyclic) bond motifs is 1. The van der Waals surface area contributed by atoms with Crippen molar-refractivity contribution in [3.8, 4) is 0 Å². The summed E-state index contributed by atoms with van der Waals surface area (Å²) in [6, 6.07) is 6.76. The van der Waals surface area contributed by atoms with Gasteiger partial charge in [-0.1, -0.05) is 18.2 Å². The van der Waals surface area contributed by atoms with Gasteiger partial charge in [0.15, 0.2) is 0 Å². The van der Waals surface area contributed by atoms with Gasteiger partial charge in [0.1, 0.15) is 11.8 Å². The van der Waals surface area contributed by atoms with Crippen LogP contribution in [-0.4, -0.2) is 5.54 Å². The van der Waals surface area contributed by atoms with E-state index in [-0.39, 0.29) is 5.56 Å². The SMILES string of the molecule is CC(C)(N)CC(F)(F)c1coc2ccccc12. The van der Waals surface area contributed by atoms with Crippen molar-refractivity contribution in [3.05, 3.63) is 36.1 Å². The summed E-state index contributed by atoms with van der Waals surface area (Å²) in [4.78, 5) is 0. The summed E-state index contributed by atoms with van der Waals surface area (Å²) in [6.07, 6.45) is 0.708. The van der Waals surface area contributed by atoms with E-state index in [1.807, 2.05) is 0 Å². The molecule has 1 aromatic heterocycles. The van der Waals surface area contributed by atoms with Crippen molar-refractivity contribution in [1.82, 2.24) is 0 Å². The lowest BCUT2D eigenvalue weighted by molar-refractivity contribution is -0.0287. The molecule has 0 aliphatic rings. The van der Waals surface area contributed by atoms with E-state index in [0.717, 1.165) is 6.26 Å². The Morgan fingerprint density at radius 1 is 1.24 bits per heavy atom. The molecule has 0 amide bonds. The molecule has 17 heavy (non-hydrogen) atoms. The zero-order valence-corrected chi connectivity index (χ0v) is 9.84. The molecule has 0 aliphatic carbocycles. The molecule has 1 aromatic carbocycles. The minimum atomic E-state index is -2.98. The predicted octanol–water partition coefficient (Wildman–Crippen LogP) is 3.65. The monoisotopic (exact) mass is 239 g/mol. The molecule has 0 atom stereocenters. The summed E-state index contributed by atoms with van der Waals surface area (Å²) in [7, 11) is 0. The van der Waals surface area contributed by atoms with Crippen molar-refractivity contribution in [2.24, 2.45) is 5.73 Å². The zero-order chi connectivity index (χ0) is 12.7. The molecule has 0 unspecified atom stereocenters. The average Bonchev–Trinajstić information content (AvgIpc) is 2.57. The van der Waals surface area contributed by atoms with E-state index >= 15 is 0 Å². The van der Waals surface area contributed by atoms with Crippen LogP contribution in [0.4, 0.5) is 8.78 Å². The van der Waals surface area contributed by atoms with Crippen LogP contribution in [0.25, 0.3) is 11.0 Å². The molecule has 0 spiro atoms. The van der Waals surface area contributed by atoms with Crippen LogP contribution in [0.15, 0.2) is 34.9 Å². The van der Waals surface area contributed by atoms with E-state index in [1.165, 1.54) is 0 Å². The van der Waals surface area contributed by atoms with Crippen molar-refractivity contribution < 1.29 is 13.2 Å². The minimum absolute atomic E-state index is 0.0911. The second kappa shape index (κ2) is 3.81. The summed E-state index contributed by atoms with van der Waals surface area (Å²) in [5.41, 5.74) is 5.11. The van der Waals surface area contributed by atoms with Crippen molar-refractivity contribution in [3.63, 3.8) is 0 Å². The first-order valence-electron chi connectivity index (χ1n) is 5.43. The van der Waals surface area contributed by atoms with Crippen LogP contribution < -0.4 is 5.73 Å². The average molecular weight is 239 g/mol. The summed E-state index contributed by atoms with van der Waals surface area (Å²) in [6.45, 7) is 3.17. The van der Waals surface area contributed by atoms with E-state index in [1.54, 1.807) is 38.1 Å². The topological polar surface area (TPSA) is 39.2 Å². The first-order valence-corrected chi connectivity index (χ1v) is 5.43. The summed E-state index contributed by atoms with van der Waals surface area (Å²) in [5, 5.41) is 0.446. The zero-order valence-electron chi connectivity index (χ0n) is 9.84. The molecule has 2 N–H and O–H groups in total. The highest BCUT2D eigenvalue weighted by molar-refractivity contribution is 5.81. The molecule has 92 valence electrons. The number of nitrogens with two attached hydrogens (primary N) is 1. The normalized spacial score (nSPS) is 13.2. The third kappa shape index (κ3) is 2.47. The molecule has 0 saturated carbocycles. The van der Waals surface area contributed by atoms with Gasteiger partial charge in [-0.25, -0.2) is 8.78 Å². The number of rotatable bonds is 3. The highest BCUT2D eigenvalue weighted by Gasteiger charge is 2.39. The molecule has 0 saturated heterocycles. The van der Waals surface area contributed by atoms with Crippen LogP contribution in [0, 0.1) is 0 Å². The fraction of sp³-hybridized carbons (Fsp3) is 0.385. The Labute approximate surface area is 98.4 Å². The largest absolute Gasteiger partial charge is 0.464 e. The van der Waals surface area contributed by atoms with Gasteiger partial charge in [0.25, 0.3) is 5.92 Å². The molecule has 1 heterocycles. The fourth-order valence-corrected chi connectivity index (χ4v) is 1.93. The van der Waals surface area contributed by atoms with Gasteiger partial charge in [-0.2, -0.15) is 0 Å². The molecule has 2 rings (SSSR count). The number of hydrogen-bond acceptors (Lipinski definition) is 2. The number of para-hydroxylation sites is 1. The molecule has 4 heteroatoms. The number of furan rings is 1. The molecule has 0 aliphatic heterocycles. The second-order valence-electron chi connectivity index (χ2n) is 5.02. The van der Waals surface area contributed by atoms with Gasteiger partial charge < -0.3 is 10.2 Å². The van der Waals surface area contributed by atoms with Gasteiger partial charge in [-0.05, 0) is 19.9 Å². The van der Waals surface area contributed by atoms with Crippen molar-refractivity contribution in [2.75, 3.05) is 0 Å². The number of alkyl halides is 2. The van der Waals surface area contributed by atoms with Gasteiger partial charge in [-0.15, -0.1) is 0 Å². The Bertz CT molecular complexity index is 525. The van der Waals surface area contributed by atoms with Crippen LogP contribution in [0.1, 0.15) is 25.8 Å². The van der Waals surface area contributed by atoms with E-state index in [4.69, 9.17) is 10.2 Å². The third-order valence-electron chi connectivity index (χ3n) is 2.55. The smallest absolute Gasteiger partial charge is 0.278 e. The van der Waals surface area contributed by atoms with E-state index < -0.39 is 17.9 Å². The lowest BCUT2D eigenvalue weighted by atomic mass is 9.93. The van der Waals surface area contributed by atoms with Crippen molar-refractivity contribution in [2.45, 2.75) is 31.7 Å². The van der Waals surface area contributed by atoms with Crippen molar-refractivity contribution in [1.29, 1.82) is 0 Å². The van der Waals surface area contributed by atoms with Crippen LogP contribution in [0.3, 0.4) is 0 Å². The Morgan fingerprint density at radius 2 is 1.88 bits per heavy atom. The first kappa shape index (κ1) is 12.0. The number of hydrogen-bond donors (Lipinski definition) is 1. The van der Waals surface area contributed by atoms with Crippen molar-refractivity contribution >= 4 is 11.0 Å². The molecule has 0 bridgehead atoms. The second-order valence-corrected chi connectivity index (χ2v) is 5.02. The van der Waals surface area contributed by atoms with Gasteiger partial charge in [0.05, 0.1) is 5.56 Å². The molecular weight excluding hydrogens is 224 g/mol. The highest BCUT2D eigenvalue weighted by Crippen LogP contribution is 2.39. The minimum Gasteiger partial charge on any atom is -0.464 e. The summed E-state index contributed by atoms with van der Waals surface area (Å²) >= 11 is 0. The van der Waals surface area contributed by atoms with Gasteiger partial charge in [0.2, 0.25) is 0 Å². The van der Waals surface area contributed by atoms with Crippen LogP contribution >= 0.6 is 0 Å². The molecular formula is C13H15F2NO. The third-order valence-corrected chi connectivity index (χ3v) is 2.55. The fourth-order valence-electron chi connectivity index (χ4n) is 1.93. The van der Waals surface area contributed by atoms with E-state index in [2.05, 4.69) is 0 Å². The lowest BCUT2D eigenvalue weighted by Crippen LogP contribution is -2.37. The first-order chi connectivity index (χ1) is 7.80. The van der Waals surface area contributed by atoms with Crippen LogP contribution in [0.2, 0.25) is 0 Å². The quantitative estimate of drug-likeness (QED) is 0.887. The predicted molar refractivity (Wildman–Crippen MR) is 63.0 cm³/mol.